The van der Waals surface area contributed by atoms with E-state index in [0.717, 1.165) is 44.0 Å². The Morgan fingerprint density at radius 3 is 2.68 bits per heavy atom. The molecule has 0 aliphatic carbocycles. The van der Waals surface area contributed by atoms with E-state index >= 15 is 0 Å². The number of hydrogen-bond acceptors (Lipinski definition) is 7. The monoisotopic (exact) mass is 473 g/mol. The van der Waals surface area contributed by atoms with Gasteiger partial charge in [-0.2, -0.15) is 0 Å². The molecular weight excluding hydrogens is 450 g/mol. The number of ether oxygens (including phenoxy) is 3. The van der Waals surface area contributed by atoms with Gasteiger partial charge in [-0.05, 0) is 61.5 Å². The number of pyridine rings is 1. The molecule has 34 heavy (non-hydrogen) atoms. The lowest BCUT2D eigenvalue weighted by atomic mass is 10.1. The van der Waals surface area contributed by atoms with Crippen LogP contribution in [-0.2, 0) is 4.79 Å². The lowest BCUT2D eigenvalue weighted by molar-refractivity contribution is -0.121. The molecule has 5 rings (SSSR count). The van der Waals surface area contributed by atoms with Gasteiger partial charge >= 0.3 is 0 Å². The molecule has 1 amide bonds. The van der Waals surface area contributed by atoms with E-state index in [4.69, 9.17) is 19.2 Å². The zero-order valence-corrected chi connectivity index (χ0v) is 19.7. The van der Waals surface area contributed by atoms with Gasteiger partial charge < -0.3 is 19.1 Å². The van der Waals surface area contributed by atoms with E-state index in [1.165, 1.54) is 0 Å². The molecule has 0 fully saturated rings. The smallest absolute Gasteiger partial charge is 0.265 e. The summed E-state index contributed by atoms with van der Waals surface area (Å²) in [6.07, 6.45) is 1.76. The summed E-state index contributed by atoms with van der Waals surface area (Å²) in [5.74, 6) is 2.05. The minimum atomic E-state index is -0.104. The number of carbonyl (C=O) groups excluding carboxylic acids is 1. The molecule has 1 aliphatic rings. The minimum Gasteiger partial charge on any atom is -0.497 e. The van der Waals surface area contributed by atoms with E-state index in [9.17, 15) is 4.79 Å². The first-order valence-corrected chi connectivity index (χ1v) is 11.7. The molecule has 3 heterocycles. The van der Waals surface area contributed by atoms with E-state index in [1.807, 2.05) is 67.6 Å². The Morgan fingerprint density at radius 2 is 1.91 bits per heavy atom. The lowest BCUT2D eigenvalue weighted by Crippen LogP contribution is -2.41. The van der Waals surface area contributed by atoms with Crippen LogP contribution in [0.4, 0.5) is 5.69 Å². The number of anilines is 1. The number of nitrogens with zero attached hydrogens (tertiary/aromatic N) is 3. The summed E-state index contributed by atoms with van der Waals surface area (Å²) >= 11 is 1.60. The van der Waals surface area contributed by atoms with Crippen LogP contribution in [0, 0.1) is 6.92 Å². The van der Waals surface area contributed by atoms with Crippen LogP contribution in [0.3, 0.4) is 0 Å². The van der Waals surface area contributed by atoms with Gasteiger partial charge in [-0.1, -0.05) is 6.07 Å². The molecule has 4 aromatic rings. The standard InChI is InChI=1S/C26H23N3O4S/c1-17-25(28-26(34-17)21-5-3-4-12-27-21)18-6-11-23-22(15-18)29(24(30)16-33-23)13-14-32-20-9-7-19(31-2)8-10-20/h3-12,15H,13-14,16H2,1-2H3. The van der Waals surface area contributed by atoms with Gasteiger partial charge in [-0.3, -0.25) is 9.78 Å². The second-order valence-corrected chi connectivity index (χ2v) is 8.88. The highest BCUT2D eigenvalue weighted by molar-refractivity contribution is 7.15. The van der Waals surface area contributed by atoms with Crippen molar-refractivity contribution in [3.8, 4) is 39.2 Å². The molecule has 0 radical (unpaired) electrons. The number of hydrogen-bond donors (Lipinski definition) is 0. The molecule has 2 aromatic carbocycles. The second kappa shape index (κ2) is 9.52. The number of amides is 1. The van der Waals surface area contributed by atoms with Crippen LogP contribution in [-0.4, -0.2) is 42.7 Å². The summed E-state index contributed by atoms with van der Waals surface area (Å²) in [7, 11) is 1.62. The summed E-state index contributed by atoms with van der Waals surface area (Å²) in [4.78, 5) is 24.7. The number of thiazole rings is 1. The van der Waals surface area contributed by atoms with Gasteiger partial charge in [0.25, 0.3) is 5.91 Å². The van der Waals surface area contributed by atoms with Crippen molar-refractivity contribution >= 4 is 22.9 Å². The van der Waals surface area contributed by atoms with E-state index < -0.39 is 0 Å². The first-order chi connectivity index (χ1) is 16.6. The highest BCUT2D eigenvalue weighted by Crippen LogP contribution is 2.39. The maximum atomic E-state index is 12.7. The Morgan fingerprint density at radius 1 is 1.09 bits per heavy atom. The number of rotatable bonds is 7. The van der Waals surface area contributed by atoms with Crippen molar-refractivity contribution in [2.75, 3.05) is 31.8 Å². The Labute approximate surface area is 201 Å². The fourth-order valence-electron chi connectivity index (χ4n) is 3.78. The molecule has 2 aromatic heterocycles. The maximum Gasteiger partial charge on any atom is 0.265 e. The number of aryl methyl sites for hydroxylation is 1. The van der Waals surface area contributed by atoms with E-state index in [0.29, 0.717) is 18.9 Å². The van der Waals surface area contributed by atoms with Crippen LogP contribution < -0.4 is 19.1 Å². The summed E-state index contributed by atoms with van der Waals surface area (Å²) in [5, 5.41) is 0.864. The second-order valence-electron chi connectivity index (χ2n) is 7.68. The molecule has 0 bridgehead atoms. The number of methoxy groups -OCH3 is 1. The normalized spacial score (nSPS) is 12.8. The quantitative estimate of drug-likeness (QED) is 0.376. The summed E-state index contributed by atoms with van der Waals surface area (Å²) in [6, 6.07) is 19.0. The third-order valence-corrected chi connectivity index (χ3v) is 6.49. The van der Waals surface area contributed by atoms with Crippen LogP contribution in [0.25, 0.3) is 22.0 Å². The Kier molecular flexibility index (Phi) is 6.14. The van der Waals surface area contributed by atoms with E-state index in [-0.39, 0.29) is 12.5 Å². The van der Waals surface area contributed by atoms with Gasteiger partial charge in [0.1, 0.15) is 28.9 Å². The highest BCUT2D eigenvalue weighted by Gasteiger charge is 2.26. The van der Waals surface area contributed by atoms with Crippen molar-refractivity contribution in [3.63, 3.8) is 0 Å². The van der Waals surface area contributed by atoms with Gasteiger partial charge in [0.2, 0.25) is 0 Å². The summed E-state index contributed by atoms with van der Waals surface area (Å²) in [6.45, 7) is 2.80. The zero-order valence-electron chi connectivity index (χ0n) is 18.9. The van der Waals surface area contributed by atoms with Crippen molar-refractivity contribution in [1.29, 1.82) is 0 Å². The summed E-state index contributed by atoms with van der Waals surface area (Å²) in [5.41, 5.74) is 3.37. The maximum absolute atomic E-state index is 12.7. The molecular formula is C26H23N3O4S. The largest absolute Gasteiger partial charge is 0.497 e. The molecule has 0 unspecified atom stereocenters. The van der Waals surface area contributed by atoms with E-state index in [2.05, 4.69) is 4.98 Å². The molecule has 0 atom stereocenters. The zero-order chi connectivity index (χ0) is 23.5. The van der Waals surface area contributed by atoms with Crippen LogP contribution in [0.15, 0.2) is 66.9 Å². The minimum absolute atomic E-state index is 0.00837. The van der Waals surface area contributed by atoms with Gasteiger partial charge in [-0.15, -0.1) is 11.3 Å². The molecule has 0 N–H and O–H groups in total. The number of aromatic nitrogens is 2. The Bertz CT molecular complexity index is 1310. The predicted octanol–water partition coefficient (Wildman–Crippen LogP) is 4.99. The van der Waals surface area contributed by atoms with Gasteiger partial charge in [0, 0.05) is 16.6 Å². The highest BCUT2D eigenvalue weighted by atomic mass is 32.1. The van der Waals surface area contributed by atoms with Crippen molar-refractivity contribution in [2.45, 2.75) is 6.92 Å². The molecule has 0 saturated carbocycles. The fourth-order valence-corrected chi connectivity index (χ4v) is 4.70. The van der Waals surface area contributed by atoms with Crippen molar-refractivity contribution in [2.24, 2.45) is 0 Å². The Hall–Kier alpha value is -3.91. The van der Waals surface area contributed by atoms with Crippen LogP contribution in [0.1, 0.15) is 4.88 Å². The number of fused-ring (bicyclic) bond motifs is 1. The molecule has 0 saturated heterocycles. The first kappa shape index (κ1) is 21.9. The third-order valence-electron chi connectivity index (χ3n) is 5.50. The average molecular weight is 474 g/mol. The molecule has 172 valence electrons. The fraction of sp³-hybridized carbons (Fsp3) is 0.192. The van der Waals surface area contributed by atoms with E-state index in [1.54, 1.807) is 29.5 Å². The molecule has 8 heteroatoms. The third kappa shape index (κ3) is 4.45. The first-order valence-electron chi connectivity index (χ1n) is 10.9. The number of carbonyl (C=O) groups is 1. The van der Waals surface area contributed by atoms with Gasteiger partial charge in [0.15, 0.2) is 6.61 Å². The molecule has 1 aliphatic heterocycles. The molecule has 7 nitrogen and oxygen atoms in total. The van der Waals surface area contributed by atoms with Crippen LogP contribution >= 0.6 is 11.3 Å². The average Bonchev–Trinajstić information content (AvgIpc) is 3.27. The number of benzene rings is 2. The van der Waals surface area contributed by atoms with Crippen LogP contribution in [0.2, 0.25) is 0 Å². The predicted molar refractivity (Wildman–Crippen MR) is 132 cm³/mol. The Balaban J connectivity index is 1.37. The van der Waals surface area contributed by atoms with Crippen molar-refractivity contribution < 1.29 is 19.0 Å². The van der Waals surface area contributed by atoms with Crippen LogP contribution in [0.5, 0.6) is 17.2 Å². The van der Waals surface area contributed by atoms with Crippen molar-refractivity contribution in [3.05, 3.63) is 71.7 Å². The van der Waals surface area contributed by atoms with Gasteiger partial charge in [0.05, 0.1) is 30.7 Å². The SMILES string of the molecule is COc1ccc(OCCN2C(=O)COc3ccc(-c4nc(-c5ccccn5)sc4C)cc32)cc1. The lowest BCUT2D eigenvalue weighted by Gasteiger charge is -2.29. The summed E-state index contributed by atoms with van der Waals surface area (Å²) < 4.78 is 16.7. The van der Waals surface area contributed by atoms with Crippen molar-refractivity contribution in [1.82, 2.24) is 9.97 Å². The topological polar surface area (TPSA) is 73.8 Å². The van der Waals surface area contributed by atoms with Gasteiger partial charge in [-0.25, -0.2) is 4.98 Å². The molecule has 0 spiro atoms.